The van der Waals surface area contributed by atoms with E-state index in [0.29, 0.717) is 6.41 Å². The van der Waals surface area contributed by atoms with Crippen molar-refractivity contribution in [1.29, 1.82) is 0 Å². The van der Waals surface area contributed by atoms with Gasteiger partial charge in [-0.05, 0) is 43.5 Å². The molecule has 0 aromatic heterocycles. The van der Waals surface area contributed by atoms with Crippen LogP contribution in [0.2, 0.25) is 0 Å². The maximum atomic E-state index is 10.9. The van der Waals surface area contributed by atoms with Gasteiger partial charge < -0.3 is 5.32 Å². The van der Waals surface area contributed by atoms with Crippen molar-refractivity contribution in [3.8, 4) is 0 Å². The Kier molecular flexibility index (Phi) is 8.16. The van der Waals surface area contributed by atoms with Crippen molar-refractivity contribution in [3.63, 3.8) is 0 Å². The molecular formula is C25H29N3O. The molecule has 2 unspecified atom stereocenters. The quantitative estimate of drug-likeness (QED) is 0.315. The van der Waals surface area contributed by atoms with Crippen LogP contribution in [0.3, 0.4) is 0 Å². The van der Waals surface area contributed by atoms with Gasteiger partial charge in [0.25, 0.3) is 0 Å². The first kappa shape index (κ1) is 21.9. The molecule has 0 saturated heterocycles. The Morgan fingerprint density at radius 3 is 2.45 bits per heavy atom. The highest BCUT2D eigenvalue weighted by Crippen LogP contribution is 2.39. The van der Waals surface area contributed by atoms with Gasteiger partial charge in [-0.25, -0.2) is 5.43 Å². The van der Waals surface area contributed by atoms with E-state index in [4.69, 9.17) is 0 Å². The van der Waals surface area contributed by atoms with Crippen LogP contribution < -0.4 is 10.7 Å². The molecule has 0 saturated carbocycles. The summed E-state index contributed by atoms with van der Waals surface area (Å²) in [6.45, 7) is 13.5. The Labute approximate surface area is 173 Å². The summed E-state index contributed by atoms with van der Waals surface area (Å²) < 4.78 is 0. The van der Waals surface area contributed by atoms with Crippen LogP contribution >= 0.6 is 0 Å². The summed E-state index contributed by atoms with van der Waals surface area (Å²) in [5.41, 5.74) is 8.57. The molecule has 1 aliphatic rings. The molecule has 0 spiro atoms. The lowest BCUT2D eigenvalue weighted by molar-refractivity contribution is -0.109. The third-order valence-corrected chi connectivity index (χ3v) is 4.64. The van der Waals surface area contributed by atoms with Crippen LogP contribution in [0.25, 0.3) is 0 Å². The average Bonchev–Trinajstić information content (AvgIpc) is 2.73. The predicted octanol–water partition coefficient (Wildman–Crippen LogP) is 5.35. The number of carbonyl (C=O) groups is 1. The first-order chi connectivity index (χ1) is 14.1. The zero-order valence-electron chi connectivity index (χ0n) is 17.4. The highest BCUT2D eigenvalue weighted by atomic mass is 16.1. The molecule has 2 N–H and O–H groups in total. The van der Waals surface area contributed by atoms with Crippen LogP contribution in [0.1, 0.15) is 36.5 Å². The van der Waals surface area contributed by atoms with Crippen molar-refractivity contribution in [2.75, 3.05) is 5.32 Å². The monoisotopic (exact) mass is 387 g/mol. The molecule has 2 aromatic carbocycles. The Hall–Kier alpha value is -3.40. The minimum Gasteiger partial charge on any atom is -0.377 e. The topological polar surface area (TPSA) is 53.5 Å². The van der Waals surface area contributed by atoms with Crippen LogP contribution in [0.5, 0.6) is 0 Å². The van der Waals surface area contributed by atoms with Gasteiger partial charge in [0, 0.05) is 11.3 Å². The van der Waals surface area contributed by atoms with E-state index in [1.807, 2.05) is 56.3 Å². The molecule has 0 radical (unpaired) electrons. The summed E-state index contributed by atoms with van der Waals surface area (Å²) in [5, 5.41) is 8.08. The molecule has 1 amide bonds. The molecular weight excluding hydrogens is 358 g/mol. The number of amides is 1. The zero-order valence-corrected chi connectivity index (χ0v) is 17.4. The molecule has 0 fully saturated rings. The Balaban J connectivity index is 0.000000941. The van der Waals surface area contributed by atoms with E-state index in [9.17, 15) is 4.79 Å². The van der Waals surface area contributed by atoms with Gasteiger partial charge in [-0.1, -0.05) is 67.3 Å². The first-order valence-electron chi connectivity index (χ1n) is 9.65. The van der Waals surface area contributed by atoms with Crippen molar-refractivity contribution in [3.05, 3.63) is 102 Å². The van der Waals surface area contributed by atoms with Crippen LogP contribution in [-0.4, -0.2) is 18.2 Å². The van der Waals surface area contributed by atoms with E-state index < -0.39 is 0 Å². The maximum Gasteiger partial charge on any atom is 0.227 e. The largest absolute Gasteiger partial charge is 0.377 e. The summed E-state index contributed by atoms with van der Waals surface area (Å²) in [4.78, 5) is 10.9. The number of carbonyl (C=O) groups excluding carboxylic acids is 1. The highest BCUT2D eigenvalue weighted by Gasteiger charge is 2.36. The van der Waals surface area contributed by atoms with E-state index in [0.717, 1.165) is 33.7 Å². The van der Waals surface area contributed by atoms with E-state index in [-0.39, 0.29) is 12.0 Å². The van der Waals surface area contributed by atoms with Crippen LogP contribution in [-0.2, 0) is 4.79 Å². The molecule has 0 aliphatic carbocycles. The smallest absolute Gasteiger partial charge is 0.227 e. The fourth-order valence-corrected chi connectivity index (χ4v) is 3.55. The standard InChI is InChI=1S/C22H23N3O.C3H6/c1-4-9-16(3)21-20(17-11-6-5-7-12-17)22(25-23-14-26)19-15(2)10-8-13-18(19)24-21;1-3-2/h4-14,20-21,24H,3H2,1-2H3,(H,23,26);3H,1H2,2H3/b9-4-,25-22+;. The van der Waals surface area contributed by atoms with Crippen LogP contribution in [0.15, 0.2) is 90.6 Å². The van der Waals surface area contributed by atoms with E-state index in [2.05, 4.69) is 54.1 Å². The second-order valence-electron chi connectivity index (χ2n) is 6.73. The van der Waals surface area contributed by atoms with Gasteiger partial charge in [-0.3, -0.25) is 4.79 Å². The molecule has 4 heteroatoms. The van der Waals surface area contributed by atoms with Crippen LogP contribution in [0.4, 0.5) is 5.69 Å². The summed E-state index contributed by atoms with van der Waals surface area (Å²) in [7, 11) is 0. The predicted molar refractivity (Wildman–Crippen MR) is 123 cm³/mol. The lowest BCUT2D eigenvalue weighted by Crippen LogP contribution is -2.40. The van der Waals surface area contributed by atoms with Crippen molar-refractivity contribution in [2.24, 2.45) is 5.10 Å². The molecule has 4 nitrogen and oxygen atoms in total. The van der Waals surface area contributed by atoms with E-state index in [1.165, 1.54) is 0 Å². The van der Waals surface area contributed by atoms with Gasteiger partial charge in [0.2, 0.25) is 6.41 Å². The summed E-state index contributed by atoms with van der Waals surface area (Å²) in [6.07, 6.45) is 6.35. The lowest BCUT2D eigenvalue weighted by Gasteiger charge is -2.37. The Bertz CT molecular complexity index is 913. The Morgan fingerprint density at radius 2 is 1.83 bits per heavy atom. The van der Waals surface area contributed by atoms with Gasteiger partial charge in [0.1, 0.15) is 0 Å². The summed E-state index contributed by atoms with van der Waals surface area (Å²) in [6, 6.07) is 16.3. The normalized spacial score (nSPS) is 18.8. The number of hydrazone groups is 1. The lowest BCUT2D eigenvalue weighted by atomic mass is 9.77. The molecule has 29 heavy (non-hydrogen) atoms. The van der Waals surface area contributed by atoms with Crippen molar-refractivity contribution in [2.45, 2.75) is 32.7 Å². The number of aryl methyl sites for hydroxylation is 1. The van der Waals surface area contributed by atoms with Gasteiger partial charge in [0.05, 0.1) is 17.7 Å². The average molecular weight is 388 g/mol. The molecule has 2 atom stereocenters. The Morgan fingerprint density at radius 1 is 1.14 bits per heavy atom. The molecule has 0 bridgehead atoms. The fraction of sp³-hybridized carbons (Fsp3) is 0.200. The maximum absolute atomic E-state index is 10.9. The van der Waals surface area contributed by atoms with Crippen molar-refractivity contribution < 1.29 is 4.79 Å². The minimum atomic E-state index is -0.0686. The molecule has 150 valence electrons. The SMILES string of the molecule is C=C(/C=C\C)C1Nc2cccc(C)c2/C(=N\NC=O)C1c1ccccc1.C=CC. The number of benzene rings is 2. The van der Waals surface area contributed by atoms with Gasteiger partial charge >= 0.3 is 0 Å². The molecule has 1 aliphatic heterocycles. The summed E-state index contributed by atoms with van der Waals surface area (Å²) in [5.74, 6) is -0.0686. The fourth-order valence-electron chi connectivity index (χ4n) is 3.55. The number of nitrogens with one attached hydrogen (secondary N) is 2. The number of allylic oxidation sites excluding steroid dienone is 2. The third kappa shape index (κ3) is 5.11. The van der Waals surface area contributed by atoms with E-state index >= 15 is 0 Å². The van der Waals surface area contributed by atoms with Gasteiger partial charge in [-0.2, -0.15) is 5.10 Å². The number of rotatable bonds is 5. The molecule has 1 heterocycles. The number of hydrogen-bond acceptors (Lipinski definition) is 3. The molecule has 3 rings (SSSR count). The highest BCUT2D eigenvalue weighted by molar-refractivity contribution is 6.12. The van der Waals surface area contributed by atoms with Gasteiger partial charge in [0.15, 0.2) is 0 Å². The van der Waals surface area contributed by atoms with Crippen molar-refractivity contribution in [1.82, 2.24) is 5.43 Å². The van der Waals surface area contributed by atoms with Crippen molar-refractivity contribution >= 4 is 17.8 Å². The second-order valence-corrected chi connectivity index (χ2v) is 6.73. The zero-order chi connectivity index (χ0) is 21.2. The third-order valence-electron chi connectivity index (χ3n) is 4.64. The number of anilines is 1. The number of nitrogens with zero attached hydrogens (tertiary/aromatic N) is 1. The van der Waals surface area contributed by atoms with E-state index in [1.54, 1.807) is 6.08 Å². The number of fused-ring (bicyclic) bond motifs is 1. The molecule has 2 aromatic rings. The minimum absolute atomic E-state index is 0.0601. The number of hydrogen-bond donors (Lipinski definition) is 2. The van der Waals surface area contributed by atoms with Crippen LogP contribution in [0, 0.1) is 6.92 Å². The first-order valence-corrected chi connectivity index (χ1v) is 9.65. The summed E-state index contributed by atoms with van der Waals surface area (Å²) >= 11 is 0. The van der Waals surface area contributed by atoms with Gasteiger partial charge in [-0.15, -0.1) is 6.58 Å². The second kappa shape index (κ2) is 10.8.